The highest BCUT2D eigenvalue weighted by Gasteiger charge is 2.25. The van der Waals surface area contributed by atoms with Crippen LogP contribution in [0.5, 0.6) is 0 Å². The molecule has 0 saturated heterocycles. The van der Waals surface area contributed by atoms with Crippen molar-refractivity contribution in [3.8, 4) is 6.07 Å². The molecule has 1 aromatic heterocycles. The first-order valence-electron chi connectivity index (χ1n) is 7.21. The second kappa shape index (κ2) is 6.89. The van der Waals surface area contributed by atoms with E-state index in [0.717, 1.165) is 0 Å². The summed E-state index contributed by atoms with van der Waals surface area (Å²) >= 11 is 0. The summed E-state index contributed by atoms with van der Waals surface area (Å²) < 4.78 is 26.9. The van der Waals surface area contributed by atoms with Crippen LogP contribution in [0.2, 0.25) is 0 Å². The molecule has 0 aliphatic rings. The van der Waals surface area contributed by atoms with Crippen LogP contribution in [0.1, 0.15) is 30.8 Å². The SMILES string of the molecule is CC(C)Cn1c(CN)nnc1S(=O)(=O)Cc1cccc(C#N)c1. The first-order chi connectivity index (χ1) is 10.9. The van der Waals surface area contributed by atoms with Gasteiger partial charge in [-0.15, -0.1) is 10.2 Å². The van der Waals surface area contributed by atoms with Crippen molar-refractivity contribution in [3.63, 3.8) is 0 Å². The Kier molecular flexibility index (Phi) is 5.13. The number of sulfone groups is 1. The lowest BCUT2D eigenvalue weighted by Gasteiger charge is -2.12. The van der Waals surface area contributed by atoms with Gasteiger partial charge < -0.3 is 10.3 Å². The second-order valence-electron chi connectivity index (χ2n) is 5.68. The fourth-order valence-electron chi connectivity index (χ4n) is 2.26. The van der Waals surface area contributed by atoms with Crippen molar-refractivity contribution < 1.29 is 8.42 Å². The Labute approximate surface area is 135 Å². The predicted molar refractivity (Wildman–Crippen MR) is 84.8 cm³/mol. The van der Waals surface area contributed by atoms with Gasteiger partial charge in [0.15, 0.2) is 0 Å². The summed E-state index contributed by atoms with van der Waals surface area (Å²) in [6.07, 6.45) is 0. The molecule has 0 spiro atoms. The Morgan fingerprint density at radius 3 is 2.70 bits per heavy atom. The molecule has 1 aromatic carbocycles. The minimum Gasteiger partial charge on any atom is -0.324 e. The molecular formula is C15H19N5O2S. The highest BCUT2D eigenvalue weighted by Crippen LogP contribution is 2.18. The quantitative estimate of drug-likeness (QED) is 0.850. The fourth-order valence-corrected chi connectivity index (χ4v) is 3.69. The highest BCUT2D eigenvalue weighted by atomic mass is 32.2. The van der Waals surface area contributed by atoms with Crippen LogP contribution in [0.3, 0.4) is 0 Å². The van der Waals surface area contributed by atoms with E-state index in [4.69, 9.17) is 11.0 Å². The Bertz CT molecular complexity index is 834. The molecule has 0 aliphatic heterocycles. The van der Waals surface area contributed by atoms with Gasteiger partial charge >= 0.3 is 0 Å². The normalized spacial score (nSPS) is 11.6. The summed E-state index contributed by atoms with van der Waals surface area (Å²) in [5.74, 6) is 0.443. The first-order valence-corrected chi connectivity index (χ1v) is 8.86. The number of nitrogens with two attached hydrogens (primary N) is 1. The van der Waals surface area contributed by atoms with Gasteiger partial charge in [0.1, 0.15) is 5.82 Å². The molecule has 0 atom stereocenters. The minimum absolute atomic E-state index is 0.0750. The first kappa shape index (κ1) is 17.1. The average Bonchev–Trinajstić information content (AvgIpc) is 2.89. The molecule has 0 amide bonds. The predicted octanol–water partition coefficient (Wildman–Crippen LogP) is 1.24. The van der Waals surface area contributed by atoms with Gasteiger partial charge in [0.25, 0.3) is 0 Å². The Morgan fingerprint density at radius 2 is 2.09 bits per heavy atom. The average molecular weight is 333 g/mol. The zero-order valence-corrected chi connectivity index (χ0v) is 13.9. The standard InChI is InChI=1S/C15H19N5O2S/c1-11(2)9-20-14(8-17)18-19-15(20)23(21,22)10-13-5-3-4-12(6-13)7-16/h3-6,11H,8-10,17H2,1-2H3. The lowest BCUT2D eigenvalue weighted by atomic mass is 10.2. The van der Waals surface area contributed by atoms with Crippen LogP contribution in [-0.2, 0) is 28.7 Å². The maximum atomic E-state index is 12.7. The number of hydrogen-bond acceptors (Lipinski definition) is 6. The molecule has 23 heavy (non-hydrogen) atoms. The van der Waals surface area contributed by atoms with Crippen LogP contribution < -0.4 is 5.73 Å². The van der Waals surface area contributed by atoms with Crippen LogP contribution >= 0.6 is 0 Å². The van der Waals surface area contributed by atoms with E-state index in [2.05, 4.69) is 10.2 Å². The van der Waals surface area contributed by atoms with Crippen molar-refractivity contribution in [1.29, 1.82) is 5.26 Å². The van der Waals surface area contributed by atoms with Crippen molar-refractivity contribution in [2.45, 2.75) is 37.8 Å². The smallest absolute Gasteiger partial charge is 0.250 e. The lowest BCUT2D eigenvalue weighted by molar-refractivity contribution is 0.470. The minimum atomic E-state index is -3.68. The molecule has 0 aliphatic carbocycles. The molecule has 2 N–H and O–H groups in total. The van der Waals surface area contributed by atoms with Gasteiger partial charge in [-0.05, 0) is 23.6 Å². The van der Waals surface area contributed by atoms with Crippen LogP contribution in [0, 0.1) is 17.2 Å². The summed E-state index contributed by atoms with van der Waals surface area (Å²) in [6, 6.07) is 8.52. The molecule has 2 rings (SSSR count). The molecule has 0 unspecified atom stereocenters. The van der Waals surface area contributed by atoms with Gasteiger partial charge in [-0.25, -0.2) is 8.42 Å². The molecule has 0 bridgehead atoms. The topological polar surface area (TPSA) is 115 Å². The van der Waals surface area contributed by atoms with Gasteiger partial charge in [-0.1, -0.05) is 26.0 Å². The van der Waals surface area contributed by atoms with Gasteiger partial charge in [-0.3, -0.25) is 0 Å². The van der Waals surface area contributed by atoms with E-state index in [1.165, 1.54) is 0 Å². The van der Waals surface area contributed by atoms with Gasteiger partial charge in [0, 0.05) is 6.54 Å². The fraction of sp³-hybridized carbons (Fsp3) is 0.400. The zero-order valence-electron chi connectivity index (χ0n) is 13.1. The third kappa shape index (κ3) is 3.94. The van der Waals surface area contributed by atoms with Crippen molar-refractivity contribution >= 4 is 9.84 Å². The molecule has 122 valence electrons. The number of hydrogen-bond donors (Lipinski definition) is 1. The van der Waals surface area contributed by atoms with E-state index in [1.807, 2.05) is 19.9 Å². The number of aromatic nitrogens is 3. The lowest BCUT2D eigenvalue weighted by Crippen LogP contribution is -2.18. The van der Waals surface area contributed by atoms with Crippen LogP contribution in [0.15, 0.2) is 29.4 Å². The van der Waals surface area contributed by atoms with E-state index in [1.54, 1.807) is 28.8 Å². The molecule has 2 aromatic rings. The summed E-state index contributed by atoms with van der Waals surface area (Å²) in [5.41, 5.74) is 6.58. The van der Waals surface area contributed by atoms with Crippen LogP contribution in [0.25, 0.3) is 0 Å². The van der Waals surface area contributed by atoms with E-state index in [9.17, 15) is 8.42 Å². The van der Waals surface area contributed by atoms with Gasteiger partial charge in [0.2, 0.25) is 15.0 Å². The van der Waals surface area contributed by atoms with Gasteiger partial charge in [0.05, 0.1) is 23.9 Å². The third-order valence-corrected chi connectivity index (χ3v) is 4.79. The van der Waals surface area contributed by atoms with E-state index >= 15 is 0 Å². The Hall–Kier alpha value is -2.24. The highest BCUT2D eigenvalue weighted by molar-refractivity contribution is 7.90. The molecule has 8 heteroatoms. The molecule has 7 nitrogen and oxygen atoms in total. The van der Waals surface area contributed by atoms with Crippen molar-refractivity contribution in [2.75, 3.05) is 0 Å². The van der Waals surface area contributed by atoms with Crippen molar-refractivity contribution in [1.82, 2.24) is 14.8 Å². The number of nitriles is 1. The number of benzene rings is 1. The van der Waals surface area contributed by atoms with Crippen molar-refractivity contribution in [2.24, 2.45) is 11.7 Å². The zero-order chi connectivity index (χ0) is 17.0. The molecular weight excluding hydrogens is 314 g/mol. The third-order valence-electron chi connectivity index (χ3n) is 3.21. The summed E-state index contributed by atoms with van der Waals surface area (Å²) in [5, 5.41) is 16.6. The maximum Gasteiger partial charge on any atom is 0.250 e. The molecule has 1 heterocycles. The Morgan fingerprint density at radius 1 is 1.35 bits per heavy atom. The largest absolute Gasteiger partial charge is 0.324 e. The Balaban J connectivity index is 2.40. The molecule has 0 fully saturated rings. The van der Waals surface area contributed by atoms with Crippen LogP contribution in [-0.4, -0.2) is 23.2 Å². The van der Waals surface area contributed by atoms with E-state index in [0.29, 0.717) is 23.5 Å². The summed E-state index contributed by atoms with van der Waals surface area (Å²) in [6.45, 7) is 4.56. The summed E-state index contributed by atoms with van der Waals surface area (Å²) in [7, 11) is -3.68. The number of rotatable bonds is 6. The van der Waals surface area contributed by atoms with E-state index in [-0.39, 0.29) is 23.4 Å². The van der Waals surface area contributed by atoms with Gasteiger partial charge in [-0.2, -0.15) is 5.26 Å². The molecule has 0 radical (unpaired) electrons. The van der Waals surface area contributed by atoms with Crippen LogP contribution in [0.4, 0.5) is 0 Å². The summed E-state index contributed by atoms with van der Waals surface area (Å²) in [4.78, 5) is 0. The maximum absolute atomic E-state index is 12.7. The monoisotopic (exact) mass is 333 g/mol. The molecule has 0 saturated carbocycles. The number of nitrogens with zero attached hydrogens (tertiary/aromatic N) is 4. The second-order valence-corrected chi connectivity index (χ2v) is 7.56. The van der Waals surface area contributed by atoms with Crippen molar-refractivity contribution in [3.05, 3.63) is 41.2 Å². The van der Waals surface area contributed by atoms with E-state index < -0.39 is 9.84 Å².